The highest BCUT2D eigenvalue weighted by atomic mass is 79.9. The van der Waals surface area contributed by atoms with Gasteiger partial charge in [-0.3, -0.25) is 4.79 Å². The maximum absolute atomic E-state index is 11.7. The van der Waals surface area contributed by atoms with E-state index in [9.17, 15) is 9.59 Å². The highest BCUT2D eigenvalue weighted by Crippen LogP contribution is 2.25. The third kappa shape index (κ3) is 9.97. The summed E-state index contributed by atoms with van der Waals surface area (Å²) in [7, 11) is 3.30. The van der Waals surface area contributed by atoms with E-state index < -0.39 is 0 Å². The van der Waals surface area contributed by atoms with Crippen molar-refractivity contribution in [3.8, 4) is 0 Å². The summed E-state index contributed by atoms with van der Waals surface area (Å²) in [4.78, 5) is 21.3. The van der Waals surface area contributed by atoms with Gasteiger partial charge in [-0.1, -0.05) is 13.8 Å². The first-order chi connectivity index (χ1) is 11.9. The second-order valence-corrected chi connectivity index (χ2v) is 7.85. The number of carbonyl (C=O) groups is 2. The van der Waals surface area contributed by atoms with E-state index in [1.54, 1.807) is 0 Å². The van der Waals surface area contributed by atoms with Gasteiger partial charge in [0.1, 0.15) is 11.3 Å². The molecule has 7 heteroatoms. The summed E-state index contributed by atoms with van der Waals surface area (Å²) < 4.78 is 12.1. The van der Waals surface area contributed by atoms with Gasteiger partial charge in [0.05, 0.1) is 11.6 Å². The van der Waals surface area contributed by atoms with E-state index in [1.165, 1.54) is 7.11 Å². The number of hydrogen-bond donors (Lipinski definition) is 1. The number of ether oxygens (including phenoxy) is 2. The summed E-state index contributed by atoms with van der Waals surface area (Å²) in [6, 6.07) is 0. The first kappa shape index (κ1) is 26.9. The van der Waals surface area contributed by atoms with Crippen LogP contribution in [-0.4, -0.2) is 42.3 Å². The lowest BCUT2D eigenvalue weighted by atomic mass is 10.1. The maximum atomic E-state index is 11.7. The Kier molecular flexibility index (Phi) is 12.5. The first-order valence-electron chi connectivity index (χ1n) is 8.62. The van der Waals surface area contributed by atoms with Gasteiger partial charge in [-0.2, -0.15) is 0 Å². The molecule has 152 valence electrons. The largest absolute Gasteiger partial charge is 0.464 e. The minimum absolute atomic E-state index is 0.0896. The number of likely N-dealkylation sites (N-methyl/N-ethyl adjacent to an activating group) is 1. The molecule has 0 amide bonds. The van der Waals surface area contributed by atoms with E-state index in [2.05, 4.69) is 39.8 Å². The fraction of sp³-hybridized carbons (Fsp3) is 0.684. The lowest BCUT2D eigenvalue weighted by Crippen LogP contribution is -2.41. The zero-order chi connectivity index (χ0) is 21.1. The summed E-state index contributed by atoms with van der Waals surface area (Å²) in [6.07, 6.45) is 1.95. The molecule has 0 atom stereocenters. The molecule has 1 rings (SSSR count). The van der Waals surface area contributed by atoms with Gasteiger partial charge in [-0.25, -0.2) is 4.79 Å². The number of carbonyl (C=O) groups excluding carboxylic acids is 2. The normalized spacial score (nSPS) is 10.7. The highest BCUT2D eigenvalue weighted by Gasteiger charge is 2.23. The monoisotopic (exact) mass is 434 g/mol. The van der Waals surface area contributed by atoms with Gasteiger partial charge < -0.3 is 19.4 Å². The van der Waals surface area contributed by atoms with E-state index in [4.69, 9.17) is 4.74 Å². The van der Waals surface area contributed by atoms with Crippen molar-refractivity contribution in [2.75, 3.05) is 14.2 Å². The number of esters is 1. The number of hydrogen-bond acceptors (Lipinski definition) is 5. The Morgan fingerprint density at radius 1 is 1.27 bits per heavy atom. The molecule has 0 radical (unpaired) electrons. The second-order valence-electron chi connectivity index (χ2n) is 7.05. The van der Waals surface area contributed by atoms with E-state index >= 15 is 0 Å². The van der Waals surface area contributed by atoms with Crippen LogP contribution in [0.1, 0.15) is 64.5 Å². The van der Waals surface area contributed by atoms with Crippen molar-refractivity contribution in [2.24, 2.45) is 0 Å². The average molecular weight is 435 g/mol. The van der Waals surface area contributed by atoms with Gasteiger partial charge in [0.2, 0.25) is 0 Å². The van der Waals surface area contributed by atoms with Crippen LogP contribution >= 0.6 is 15.9 Å². The van der Waals surface area contributed by atoms with Crippen LogP contribution in [0.4, 0.5) is 0 Å². The molecule has 0 unspecified atom stereocenters. The molecule has 0 saturated carbocycles. The van der Waals surface area contributed by atoms with Crippen molar-refractivity contribution in [1.82, 2.24) is 9.88 Å². The molecule has 0 aromatic carbocycles. The van der Waals surface area contributed by atoms with Crippen LogP contribution in [0.25, 0.3) is 0 Å². The average Bonchev–Trinajstić information content (AvgIpc) is 2.81. The third-order valence-corrected chi connectivity index (χ3v) is 4.21. The Balaban J connectivity index is 0. The molecule has 6 nitrogen and oxygen atoms in total. The van der Waals surface area contributed by atoms with E-state index in [-0.39, 0.29) is 17.1 Å². The fourth-order valence-corrected chi connectivity index (χ4v) is 2.24. The Bertz CT molecular complexity index is 561. The van der Waals surface area contributed by atoms with Crippen LogP contribution < -0.4 is 5.32 Å². The molecule has 1 heterocycles. The molecule has 0 aliphatic carbocycles. The molecule has 1 N–H and O–H groups in total. The zero-order valence-electron chi connectivity index (χ0n) is 17.8. The molecule has 0 aliphatic heterocycles. The van der Waals surface area contributed by atoms with Gasteiger partial charge in [0.15, 0.2) is 0 Å². The Labute approximate surface area is 166 Å². The van der Waals surface area contributed by atoms with E-state index in [0.29, 0.717) is 18.7 Å². The predicted molar refractivity (Wildman–Crippen MR) is 110 cm³/mol. The first-order valence-corrected chi connectivity index (χ1v) is 9.41. The van der Waals surface area contributed by atoms with Crippen LogP contribution in [0.2, 0.25) is 0 Å². The number of rotatable bonds is 5. The molecule has 0 fully saturated rings. The molecular weight excluding hydrogens is 400 g/mol. The minimum atomic E-state index is -0.322. The predicted octanol–water partition coefficient (Wildman–Crippen LogP) is 4.33. The Morgan fingerprint density at radius 2 is 1.77 bits per heavy atom. The van der Waals surface area contributed by atoms with Crippen molar-refractivity contribution in [2.45, 2.75) is 73.1 Å². The topological polar surface area (TPSA) is 69.6 Å². The van der Waals surface area contributed by atoms with E-state index in [1.807, 2.05) is 59.4 Å². The molecule has 1 aromatic rings. The molecule has 0 bridgehead atoms. The van der Waals surface area contributed by atoms with Crippen LogP contribution in [0.5, 0.6) is 0 Å². The van der Waals surface area contributed by atoms with Gasteiger partial charge in [0, 0.05) is 18.3 Å². The van der Waals surface area contributed by atoms with Crippen molar-refractivity contribution in [1.29, 1.82) is 0 Å². The van der Waals surface area contributed by atoms with Crippen molar-refractivity contribution in [3.05, 3.63) is 21.9 Å². The molecule has 0 aliphatic rings. The number of methoxy groups -OCH3 is 1. The number of nitrogens with one attached hydrogen (secondary N) is 1. The van der Waals surface area contributed by atoms with Gasteiger partial charge in [-0.05, 0) is 70.1 Å². The van der Waals surface area contributed by atoms with Crippen LogP contribution in [0.3, 0.4) is 0 Å². The summed E-state index contributed by atoms with van der Waals surface area (Å²) >= 11 is 3.43. The summed E-state index contributed by atoms with van der Waals surface area (Å²) in [5, 5.41) is 3.21. The summed E-state index contributed by atoms with van der Waals surface area (Å²) in [6.45, 7) is 16.7. The van der Waals surface area contributed by atoms with Crippen molar-refractivity contribution >= 4 is 28.4 Å². The molecule has 0 spiro atoms. The lowest BCUT2D eigenvalue weighted by molar-refractivity contribution is -0.138. The van der Waals surface area contributed by atoms with E-state index in [0.717, 1.165) is 10.0 Å². The second kappa shape index (κ2) is 12.1. The maximum Gasteiger partial charge on any atom is 0.355 e. The van der Waals surface area contributed by atoms with Crippen LogP contribution in [0.15, 0.2) is 10.7 Å². The molecule has 0 saturated heterocycles. The minimum Gasteiger partial charge on any atom is -0.464 e. The Morgan fingerprint density at radius 3 is 2.08 bits per heavy atom. The van der Waals surface area contributed by atoms with Gasteiger partial charge in [-0.15, -0.1) is 0 Å². The van der Waals surface area contributed by atoms with Crippen LogP contribution in [-0.2, 0) is 20.8 Å². The van der Waals surface area contributed by atoms with Gasteiger partial charge >= 0.3 is 5.97 Å². The van der Waals surface area contributed by atoms with Crippen molar-refractivity contribution < 1.29 is 19.1 Å². The standard InChI is InChI=1S/C12H19BrN2O2.C5H10O2.C2H6/c1-8-6-15(7-12(2,3)14-4)10(9(8)13)11(16)17-5;1-5(2,3)7-4-6;1-2/h6,14H,7H2,1-5H3;4H,1-3H3;1-2H3. The smallest absolute Gasteiger partial charge is 0.355 e. The highest BCUT2D eigenvalue weighted by molar-refractivity contribution is 9.10. The van der Waals surface area contributed by atoms with Crippen LogP contribution in [0, 0.1) is 6.92 Å². The van der Waals surface area contributed by atoms with Crippen molar-refractivity contribution in [3.63, 3.8) is 0 Å². The number of nitrogens with zero attached hydrogens (tertiary/aromatic N) is 1. The molecular formula is C19H35BrN2O4. The number of halogens is 1. The third-order valence-electron chi connectivity index (χ3n) is 3.21. The Hall–Kier alpha value is -1.34. The SMILES string of the molecule is CC.CC(C)(C)OC=O.CNC(C)(C)Cn1cc(C)c(Br)c1C(=O)OC. The molecule has 1 aromatic heterocycles. The number of aromatic nitrogens is 1. The lowest BCUT2D eigenvalue weighted by Gasteiger charge is -2.25. The fourth-order valence-electron chi connectivity index (χ4n) is 1.75. The van der Waals surface area contributed by atoms with Gasteiger partial charge in [0.25, 0.3) is 6.47 Å². The quantitative estimate of drug-likeness (QED) is 0.551. The summed E-state index contributed by atoms with van der Waals surface area (Å²) in [5.74, 6) is -0.322. The summed E-state index contributed by atoms with van der Waals surface area (Å²) in [5.41, 5.74) is 1.18. The molecule has 26 heavy (non-hydrogen) atoms. The number of aryl methyl sites for hydroxylation is 1. The zero-order valence-corrected chi connectivity index (χ0v) is 19.4.